The highest BCUT2D eigenvalue weighted by Crippen LogP contribution is 2.67. The van der Waals surface area contributed by atoms with Crippen LogP contribution in [0.25, 0.3) is 0 Å². The molecule has 0 aliphatic heterocycles. The van der Waals surface area contributed by atoms with Crippen molar-refractivity contribution in [2.45, 2.75) is 84.0 Å². The van der Waals surface area contributed by atoms with Crippen molar-refractivity contribution in [3.05, 3.63) is 35.9 Å². The average molecular weight is 471 g/mol. The second kappa shape index (κ2) is 10.2. The topological polar surface area (TPSA) is 36.9 Å². The van der Waals surface area contributed by atoms with Crippen LogP contribution in [-0.4, -0.2) is 39.8 Å². The highest BCUT2D eigenvalue weighted by Gasteiger charge is 2.62. The molecule has 5 rings (SSSR count). The molecule has 0 radical (unpaired) electrons. The van der Waals surface area contributed by atoms with Crippen molar-refractivity contribution in [1.29, 1.82) is 0 Å². The van der Waals surface area contributed by atoms with E-state index in [2.05, 4.69) is 44.2 Å². The van der Waals surface area contributed by atoms with E-state index in [-0.39, 0.29) is 0 Å². The highest BCUT2D eigenvalue weighted by molar-refractivity contribution is 5.14. The summed E-state index contributed by atoms with van der Waals surface area (Å²) in [6.07, 6.45) is 10.9. The molecule has 0 heterocycles. The van der Waals surface area contributed by atoms with Gasteiger partial charge in [0.2, 0.25) is 0 Å². The molecule has 0 aromatic heterocycles. The zero-order valence-electron chi connectivity index (χ0n) is 21.8. The third-order valence-corrected chi connectivity index (χ3v) is 11.0. The summed E-state index contributed by atoms with van der Waals surface area (Å²) in [5.41, 5.74) is 2.07. The predicted molar refractivity (Wildman–Crippen MR) is 134 cm³/mol. The molecule has 1 aromatic carbocycles. The number of methoxy groups -OCH3 is 2. The van der Waals surface area contributed by atoms with Crippen LogP contribution in [-0.2, 0) is 25.6 Å². The molecule has 4 nitrogen and oxygen atoms in total. The Morgan fingerprint density at radius 3 is 2.38 bits per heavy atom. The fraction of sp³-hybridized carbons (Fsp3) is 0.800. The maximum Gasteiger partial charge on any atom is 0.146 e. The average Bonchev–Trinajstić information content (AvgIpc) is 3.19. The number of rotatable bonds is 8. The number of hydrogen-bond acceptors (Lipinski definition) is 4. The number of fused-ring (bicyclic) bond motifs is 5. The van der Waals surface area contributed by atoms with Gasteiger partial charge in [0.15, 0.2) is 0 Å². The summed E-state index contributed by atoms with van der Waals surface area (Å²) in [6, 6.07) is 10.6. The normalized spacial score (nSPS) is 43.7. The van der Waals surface area contributed by atoms with Gasteiger partial charge in [0.05, 0.1) is 25.4 Å². The molecule has 0 saturated heterocycles. The zero-order chi connectivity index (χ0) is 23.8. The van der Waals surface area contributed by atoms with E-state index in [0.29, 0.717) is 41.7 Å². The monoisotopic (exact) mass is 470 g/mol. The molecule has 0 bridgehead atoms. The van der Waals surface area contributed by atoms with Crippen molar-refractivity contribution in [1.82, 2.24) is 0 Å². The lowest BCUT2D eigenvalue weighted by molar-refractivity contribution is -0.192. The lowest BCUT2D eigenvalue weighted by Gasteiger charge is -2.62. The van der Waals surface area contributed by atoms with Gasteiger partial charge in [-0.3, -0.25) is 0 Å². The number of hydrogen-bond donors (Lipinski definition) is 0. The summed E-state index contributed by atoms with van der Waals surface area (Å²) in [5.74, 6) is 3.72. The Morgan fingerprint density at radius 1 is 0.853 bits per heavy atom. The van der Waals surface area contributed by atoms with Crippen LogP contribution in [0.3, 0.4) is 0 Å². The van der Waals surface area contributed by atoms with Crippen molar-refractivity contribution >= 4 is 0 Å². The van der Waals surface area contributed by atoms with Crippen LogP contribution in [0.1, 0.15) is 70.8 Å². The van der Waals surface area contributed by atoms with Crippen molar-refractivity contribution in [2.75, 3.05) is 27.6 Å². The molecule has 4 aliphatic rings. The van der Waals surface area contributed by atoms with Gasteiger partial charge in [-0.1, -0.05) is 44.2 Å². The molecule has 4 unspecified atom stereocenters. The first-order valence-electron chi connectivity index (χ1n) is 13.7. The minimum Gasteiger partial charge on any atom is -0.381 e. The van der Waals surface area contributed by atoms with Gasteiger partial charge in [-0.15, -0.1) is 0 Å². The molecule has 4 fully saturated rings. The summed E-state index contributed by atoms with van der Waals surface area (Å²) in [6.45, 7) is 7.26. The fourth-order valence-electron chi connectivity index (χ4n) is 9.08. The van der Waals surface area contributed by atoms with E-state index >= 15 is 0 Å². The van der Waals surface area contributed by atoms with E-state index < -0.39 is 0 Å². The molecule has 190 valence electrons. The predicted octanol–water partition coefficient (Wildman–Crippen LogP) is 6.48. The summed E-state index contributed by atoms with van der Waals surface area (Å²) in [7, 11) is 3.67. The Balaban J connectivity index is 1.27. The van der Waals surface area contributed by atoms with Crippen LogP contribution in [0.4, 0.5) is 0 Å². The minimum atomic E-state index is 0.318. The maximum atomic E-state index is 6.30. The fourth-order valence-corrected chi connectivity index (χ4v) is 9.08. The molecular formula is C30H46O4. The summed E-state index contributed by atoms with van der Waals surface area (Å²) < 4.78 is 23.8. The lowest BCUT2D eigenvalue weighted by Crippen LogP contribution is -2.58. The zero-order valence-corrected chi connectivity index (χ0v) is 21.8. The van der Waals surface area contributed by atoms with Crippen LogP contribution in [0.5, 0.6) is 0 Å². The summed E-state index contributed by atoms with van der Waals surface area (Å²) in [5, 5.41) is 0. The van der Waals surface area contributed by atoms with Gasteiger partial charge in [-0.05, 0) is 97.3 Å². The van der Waals surface area contributed by atoms with Crippen molar-refractivity contribution < 1.29 is 18.9 Å². The summed E-state index contributed by atoms with van der Waals surface area (Å²) >= 11 is 0. The molecule has 34 heavy (non-hydrogen) atoms. The van der Waals surface area contributed by atoms with Gasteiger partial charge in [-0.2, -0.15) is 0 Å². The first kappa shape index (κ1) is 24.7. The Kier molecular flexibility index (Phi) is 7.42. The van der Waals surface area contributed by atoms with Gasteiger partial charge < -0.3 is 18.9 Å². The molecule has 4 heteroatoms. The molecular weight excluding hydrogens is 424 g/mol. The Hall–Kier alpha value is -0.940. The van der Waals surface area contributed by atoms with E-state index in [1.54, 1.807) is 7.11 Å². The molecule has 0 amide bonds. The van der Waals surface area contributed by atoms with Crippen molar-refractivity contribution in [3.63, 3.8) is 0 Å². The first-order valence-corrected chi connectivity index (χ1v) is 13.7. The van der Waals surface area contributed by atoms with Gasteiger partial charge in [0.25, 0.3) is 0 Å². The van der Waals surface area contributed by atoms with Crippen LogP contribution in [0, 0.1) is 40.4 Å². The molecule has 0 spiro atoms. The Bertz CT molecular complexity index is 798. The number of ether oxygens (including phenoxy) is 4. The second-order valence-electron chi connectivity index (χ2n) is 12.3. The standard InChI is InChI=1S/C30H46O4/c1-29-15-13-26-24(25(29)11-10-22(29)19-33-18-21-8-6-5-7-9-21)17-28(32-4)27-16-23(34-20-31-3)12-14-30(26,27)2/h5-9,22-28H,10-20H2,1-4H3/t22?,23?,24-,25-,26+,27?,28?,29+,30+/m0/s1. The van der Waals surface area contributed by atoms with Gasteiger partial charge in [-0.25, -0.2) is 0 Å². The van der Waals surface area contributed by atoms with Gasteiger partial charge in [0.1, 0.15) is 6.79 Å². The Labute approximate surface area is 207 Å². The molecule has 4 aliphatic carbocycles. The van der Waals surface area contributed by atoms with Gasteiger partial charge in [0, 0.05) is 14.2 Å². The highest BCUT2D eigenvalue weighted by atomic mass is 16.7. The summed E-state index contributed by atoms with van der Waals surface area (Å²) in [4.78, 5) is 0. The maximum absolute atomic E-state index is 6.30. The number of benzene rings is 1. The van der Waals surface area contributed by atoms with Crippen LogP contribution < -0.4 is 0 Å². The van der Waals surface area contributed by atoms with Crippen LogP contribution in [0.15, 0.2) is 30.3 Å². The quantitative estimate of drug-likeness (QED) is 0.408. The largest absolute Gasteiger partial charge is 0.381 e. The molecule has 4 saturated carbocycles. The van der Waals surface area contributed by atoms with E-state index in [9.17, 15) is 0 Å². The third-order valence-electron chi connectivity index (χ3n) is 11.0. The second-order valence-corrected chi connectivity index (χ2v) is 12.3. The van der Waals surface area contributed by atoms with Crippen molar-refractivity contribution in [2.24, 2.45) is 40.4 Å². The first-order chi connectivity index (χ1) is 16.5. The van der Waals surface area contributed by atoms with Gasteiger partial charge >= 0.3 is 0 Å². The molecule has 9 atom stereocenters. The smallest absolute Gasteiger partial charge is 0.146 e. The SMILES string of the molecule is COCOC1CC[C@@]2(C)C(C1)C(OC)C[C@@H]1[C@H]2CC[C@]2(C)C(COCc3ccccc3)CC[C@@H]12. The lowest BCUT2D eigenvalue weighted by atomic mass is 9.44. The van der Waals surface area contributed by atoms with E-state index in [1.165, 1.54) is 44.1 Å². The van der Waals surface area contributed by atoms with E-state index in [4.69, 9.17) is 18.9 Å². The van der Waals surface area contributed by atoms with Crippen molar-refractivity contribution in [3.8, 4) is 0 Å². The molecule has 1 aromatic rings. The van der Waals surface area contributed by atoms with E-state index in [0.717, 1.165) is 43.8 Å². The molecule has 0 N–H and O–H groups in total. The van der Waals surface area contributed by atoms with E-state index in [1.807, 2.05) is 7.11 Å². The van der Waals surface area contributed by atoms with Crippen LogP contribution in [0.2, 0.25) is 0 Å². The Morgan fingerprint density at radius 2 is 1.62 bits per heavy atom. The third kappa shape index (κ3) is 4.38. The minimum absolute atomic E-state index is 0.318. The van der Waals surface area contributed by atoms with Crippen LogP contribution >= 0.6 is 0 Å².